The molecule has 1 amide bonds. The fourth-order valence-electron chi connectivity index (χ4n) is 2.19. The molecule has 0 aliphatic heterocycles. The number of likely N-dealkylation sites (N-methyl/N-ethyl adjacent to an activating group) is 1. The Morgan fingerprint density at radius 2 is 2.26 bits per heavy atom. The summed E-state index contributed by atoms with van der Waals surface area (Å²) in [6.07, 6.45) is 2.53. The standard InChI is InChI=1S/C14H21N3O2/c1-2-17(10-3-4-10)8-7-16-14(19)12-9-11(18)5-6-13(12)15/h5-6,9-10,18H,2-4,7-8,15H2,1H3,(H,16,19). The summed E-state index contributed by atoms with van der Waals surface area (Å²) in [6, 6.07) is 5.10. The molecule has 104 valence electrons. The van der Waals surface area contributed by atoms with Gasteiger partial charge < -0.3 is 16.2 Å². The van der Waals surface area contributed by atoms with Gasteiger partial charge in [0.1, 0.15) is 5.75 Å². The Bertz CT molecular complexity index is 458. The molecule has 0 saturated heterocycles. The first kappa shape index (κ1) is 13.7. The van der Waals surface area contributed by atoms with Crippen molar-refractivity contribution in [1.29, 1.82) is 0 Å². The molecule has 2 rings (SSSR count). The Balaban J connectivity index is 1.85. The van der Waals surface area contributed by atoms with E-state index in [-0.39, 0.29) is 11.7 Å². The van der Waals surface area contributed by atoms with E-state index in [4.69, 9.17) is 5.73 Å². The van der Waals surface area contributed by atoms with Crippen LogP contribution in [0, 0.1) is 0 Å². The number of aromatic hydroxyl groups is 1. The third kappa shape index (κ3) is 3.61. The van der Waals surface area contributed by atoms with Crippen LogP contribution in [0.2, 0.25) is 0 Å². The van der Waals surface area contributed by atoms with Crippen molar-refractivity contribution in [2.75, 3.05) is 25.4 Å². The summed E-state index contributed by atoms with van der Waals surface area (Å²) in [7, 11) is 0. The Morgan fingerprint density at radius 3 is 2.89 bits per heavy atom. The second kappa shape index (κ2) is 5.93. The third-order valence-corrected chi connectivity index (χ3v) is 3.44. The molecule has 4 N–H and O–H groups in total. The van der Waals surface area contributed by atoms with Crippen molar-refractivity contribution in [2.24, 2.45) is 0 Å². The molecule has 5 heteroatoms. The zero-order valence-electron chi connectivity index (χ0n) is 11.2. The molecule has 0 unspecified atom stereocenters. The number of carbonyl (C=O) groups is 1. The van der Waals surface area contributed by atoms with Gasteiger partial charge in [-0.15, -0.1) is 0 Å². The number of nitrogens with zero attached hydrogens (tertiary/aromatic N) is 1. The van der Waals surface area contributed by atoms with Crippen molar-refractivity contribution in [3.8, 4) is 5.75 Å². The number of hydrogen-bond donors (Lipinski definition) is 3. The number of nitrogens with two attached hydrogens (primary N) is 1. The van der Waals surface area contributed by atoms with E-state index in [1.807, 2.05) is 0 Å². The molecule has 19 heavy (non-hydrogen) atoms. The van der Waals surface area contributed by atoms with E-state index < -0.39 is 0 Å². The molecule has 1 aromatic rings. The highest BCUT2D eigenvalue weighted by molar-refractivity contribution is 5.99. The highest BCUT2D eigenvalue weighted by atomic mass is 16.3. The summed E-state index contributed by atoms with van der Waals surface area (Å²) in [4.78, 5) is 14.3. The molecule has 0 spiro atoms. The average Bonchev–Trinajstić information content (AvgIpc) is 3.21. The minimum Gasteiger partial charge on any atom is -0.508 e. The van der Waals surface area contributed by atoms with Gasteiger partial charge in [0.05, 0.1) is 5.56 Å². The zero-order chi connectivity index (χ0) is 13.8. The highest BCUT2D eigenvalue weighted by Crippen LogP contribution is 2.25. The van der Waals surface area contributed by atoms with Crippen LogP contribution in [0.5, 0.6) is 5.75 Å². The largest absolute Gasteiger partial charge is 0.508 e. The van der Waals surface area contributed by atoms with E-state index in [9.17, 15) is 9.90 Å². The van der Waals surface area contributed by atoms with Crippen LogP contribution < -0.4 is 11.1 Å². The van der Waals surface area contributed by atoms with Gasteiger partial charge in [-0.05, 0) is 37.6 Å². The fourth-order valence-corrected chi connectivity index (χ4v) is 2.19. The first-order valence-electron chi connectivity index (χ1n) is 6.72. The van der Waals surface area contributed by atoms with Gasteiger partial charge in [-0.25, -0.2) is 0 Å². The first-order valence-corrected chi connectivity index (χ1v) is 6.72. The minimum absolute atomic E-state index is 0.0486. The second-order valence-electron chi connectivity index (χ2n) is 4.89. The van der Waals surface area contributed by atoms with E-state index in [1.165, 1.54) is 31.0 Å². The van der Waals surface area contributed by atoms with Gasteiger partial charge in [-0.2, -0.15) is 0 Å². The lowest BCUT2D eigenvalue weighted by Gasteiger charge is -2.19. The lowest BCUT2D eigenvalue weighted by Crippen LogP contribution is -2.36. The van der Waals surface area contributed by atoms with Crippen LogP contribution >= 0.6 is 0 Å². The number of nitrogens with one attached hydrogen (secondary N) is 1. The van der Waals surface area contributed by atoms with E-state index >= 15 is 0 Å². The monoisotopic (exact) mass is 263 g/mol. The van der Waals surface area contributed by atoms with Crippen molar-refractivity contribution >= 4 is 11.6 Å². The molecule has 1 aliphatic carbocycles. The number of anilines is 1. The third-order valence-electron chi connectivity index (χ3n) is 3.44. The maximum Gasteiger partial charge on any atom is 0.253 e. The number of nitrogen functional groups attached to an aromatic ring is 1. The molecule has 0 aromatic heterocycles. The van der Waals surface area contributed by atoms with Crippen molar-refractivity contribution < 1.29 is 9.90 Å². The van der Waals surface area contributed by atoms with Crippen molar-refractivity contribution in [3.63, 3.8) is 0 Å². The summed E-state index contributed by atoms with van der Waals surface area (Å²) >= 11 is 0. The predicted molar refractivity (Wildman–Crippen MR) is 75.1 cm³/mol. The molecule has 0 radical (unpaired) electrons. The number of carbonyl (C=O) groups excluding carboxylic acids is 1. The van der Waals surface area contributed by atoms with Crippen LogP contribution in [-0.4, -0.2) is 41.6 Å². The lowest BCUT2D eigenvalue weighted by atomic mass is 10.1. The molecule has 1 aromatic carbocycles. The predicted octanol–water partition coefficient (Wildman–Crippen LogP) is 1.19. The van der Waals surface area contributed by atoms with Gasteiger partial charge in [0.25, 0.3) is 5.91 Å². The minimum atomic E-state index is -0.236. The van der Waals surface area contributed by atoms with E-state index in [0.29, 0.717) is 23.8 Å². The molecule has 0 atom stereocenters. The van der Waals surface area contributed by atoms with Gasteiger partial charge in [-0.1, -0.05) is 6.92 Å². The number of phenolic OH excluding ortho intramolecular Hbond substituents is 1. The fraction of sp³-hybridized carbons (Fsp3) is 0.500. The molecular formula is C14H21N3O2. The van der Waals surface area contributed by atoms with Crippen LogP contribution in [0.15, 0.2) is 18.2 Å². The summed E-state index contributed by atoms with van der Waals surface area (Å²) in [5, 5.41) is 12.2. The van der Waals surface area contributed by atoms with Crippen LogP contribution in [0.1, 0.15) is 30.1 Å². The van der Waals surface area contributed by atoms with Gasteiger partial charge in [0.15, 0.2) is 0 Å². The maximum atomic E-state index is 12.0. The zero-order valence-corrected chi connectivity index (χ0v) is 11.2. The van der Waals surface area contributed by atoms with Crippen molar-refractivity contribution in [3.05, 3.63) is 23.8 Å². The van der Waals surface area contributed by atoms with Crippen molar-refractivity contribution in [1.82, 2.24) is 10.2 Å². The first-order chi connectivity index (χ1) is 9.11. The van der Waals surface area contributed by atoms with Gasteiger partial charge in [0, 0.05) is 24.8 Å². The topological polar surface area (TPSA) is 78.6 Å². The molecule has 0 heterocycles. The Labute approximate surface area is 113 Å². The quantitative estimate of drug-likeness (QED) is 0.532. The van der Waals surface area contributed by atoms with E-state index in [1.54, 1.807) is 0 Å². The van der Waals surface area contributed by atoms with Crippen LogP contribution in [-0.2, 0) is 0 Å². The Morgan fingerprint density at radius 1 is 1.53 bits per heavy atom. The number of amides is 1. The lowest BCUT2D eigenvalue weighted by molar-refractivity contribution is 0.0948. The van der Waals surface area contributed by atoms with E-state index in [0.717, 1.165) is 13.1 Å². The Kier molecular flexibility index (Phi) is 4.27. The number of benzene rings is 1. The number of phenols is 1. The Hall–Kier alpha value is -1.75. The highest BCUT2D eigenvalue weighted by Gasteiger charge is 2.27. The summed E-state index contributed by atoms with van der Waals surface area (Å²) in [6.45, 7) is 4.59. The van der Waals surface area contributed by atoms with Crippen LogP contribution in [0.3, 0.4) is 0 Å². The van der Waals surface area contributed by atoms with Crippen molar-refractivity contribution in [2.45, 2.75) is 25.8 Å². The van der Waals surface area contributed by atoms with Gasteiger partial charge in [-0.3, -0.25) is 9.69 Å². The van der Waals surface area contributed by atoms with E-state index in [2.05, 4.69) is 17.1 Å². The van der Waals surface area contributed by atoms with Crippen LogP contribution in [0.25, 0.3) is 0 Å². The molecule has 1 aliphatic rings. The molecule has 0 bridgehead atoms. The summed E-state index contributed by atoms with van der Waals surface area (Å²) < 4.78 is 0. The second-order valence-corrected chi connectivity index (χ2v) is 4.89. The molecule has 1 saturated carbocycles. The van der Waals surface area contributed by atoms with Gasteiger partial charge >= 0.3 is 0 Å². The molecule has 1 fully saturated rings. The molecular weight excluding hydrogens is 242 g/mol. The normalized spacial score (nSPS) is 14.6. The summed E-state index contributed by atoms with van der Waals surface area (Å²) in [5.74, 6) is -0.187. The maximum absolute atomic E-state index is 12.0. The number of hydrogen-bond acceptors (Lipinski definition) is 4. The smallest absolute Gasteiger partial charge is 0.253 e. The average molecular weight is 263 g/mol. The number of rotatable bonds is 6. The summed E-state index contributed by atoms with van der Waals surface area (Å²) in [5.41, 5.74) is 6.43. The molecule has 5 nitrogen and oxygen atoms in total. The van der Waals surface area contributed by atoms with Crippen LogP contribution in [0.4, 0.5) is 5.69 Å². The van der Waals surface area contributed by atoms with Gasteiger partial charge in [0.2, 0.25) is 0 Å². The SMILES string of the molecule is CCN(CCNC(=O)c1cc(O)ccc1N)C1CC1.